The van der Waals surface area contributed by atoms with E-state index in [1.807, 2.05) is 12.1 Å². The molecule has 132 valence electrons. The minimum absolute atomic E-state index is 0.0560. The van der Waals surface area contributed by atoms with Crippen LogP contribution in [0.25, 0.3) is 0 Å². The van der Waals surface area contributed by atoms with Crippen molar-refractivity contribution in [3.63, 3.8) is 0 Å². The zero-order valence-corrected chi connectivity index (χ0v) is 14.8. The van der Waals surface area contributed by atoms with Gasteiger partial charge in [0.15, 0.2) is 6.61 Å². The van der Waals surface area contributed by atoms with Crippen molar-refractivity contribution in [1.29, 1.82) is 0 Å². The van der Waals surface area contributed by atoms with Crippen molar-refractivity contribution in [2.75, 3.05) is 26.7 Å². The van der Waals surface area contributed by atoms with Crippen LogP contribution in [0.2, 0.25) is 0 Å². The number of hydrogen-bond acceptors (Lipinski definition) is 3. The van der Waals surface area contributed by atoms with Gasteiger partial charge in [-0.1, -0.05) is 42.5 Å². The van der Waals surface area contributed by atoms with Crippen LogP contribution < -0.4 is 10.5 Å². The van der Waals surface area contributed by atoms with Gasteiger partial charge in [-0.3, -0.25) is 4.79 Å². The molecule has 4 nitrogen and oxygen atoms in total. The van der Waals surface area contributed by atoms with Gasteiger partial charge in [-0.05, 0) is 56.1 Å². The van der Waals surface area contributed by atoms with Gasteiger partial charge in [-0.2, -0.15) is 0 Å². The summed E-state index contributed by atoms with van der Waals surface area (Å²) in [5, 5.41) is 0. The molecule has 0 aromatic heterocycles. The standard InChI is InChI=1S/C21H26N2O2/c1-23-12-6-11-21(16-23,14-17-7-3-2-4-8-17)18-9-5-10-19(13-18)25-15-20(22)24/h2-5,7-10,13H,6,11-12,14-16H2,1H3,(H2,22,24). The molecule has 1 fully saturated rings. The fourth-order valence-corrected chi connectivity index (χ4v) is 3.90. The fraction of sp³-hybridized carbons (Fsp3) is 0.381. The molecule has 2 N–H and O–H groups in total. The normalized spacial score (nSPS) is 21.0. The van der Waals surface area contributed by atoms with Gasteiger partial charge in [0, 0.05) is 12.0 Å². The molecule has 1 atom stereocenters. The molecular formula is C21H26N2O2. The molecular weight excluding hydrogens is 312 g/mol. The Balaban J connectivity index is 1.91. The van der Waals surface area contributed by atoms with Gasteiger partial charge >= 0.3 is 0 Å². The number of likely N-dealkylation sites (N-methyl/N-ethyl adjacent to an activating group) is 1. The monoisotopic (exact) mass is 338 g/mol. The van der Waals surface area contributed by atoms with Crippen molar-refractivity contribution in [3.8, 4) is 5.75 Å². The molecule has 2 aromatic rings. The van der Waals surface area contributed by atoms with Crippen molar-refractivity contribution in [2.24, 2.45) is 5.73 Å². The maximum Gasteiger partial charge on any atom is 0.255 e. The minimum Gasteiger partial charge on any atom is -0.484 e. The van der Waals surface area contributed by atoms with Crippen LogP contribution in [0, 0.1) is 0 Å². The number of piperidine rings is 1. The van der Waals surface area contributed by atoms with E-state index in [2.05, 4.69) is 54.4 Å². The van der Waals surface area contributed by atoms with Gasteiger partial charge in [-0.15, -0.1) is 0 Å². The average molecular weight is 338 g/mol. The molecule has 1 aliphatic heterocycles. The highest BCUT2D eigenvalue weighted by molar-refractivity contribution is 5.75. The summed E-state index contributed by atoms with van der Waals surface area (Å²) in [6, 6.07) is 18.8. The largest absolute Gasteiger partial charge is 0.484 e. The number of amides is 1. The highest BCUT2D eigenvalue weighted by atomic mass is 16.5. The Morgan fingerprint density at radius 3 is 2.72 bits per heavy atom. The lowest BCUT2D eigenvalue weighted by Crippen LogP contribution is -2.45. The van der Waals surface area contributed by atoms with Crippen molar-refractivity contribution in [2.45, 2.75) is 24.7 Å². The van der Waals surface area contributed by atoms with E-state index in [9.17, 15) is 4.79 Å². The van der Waals surface area contributed by atoms with Crippen molar-refractivity contribution >= 4 is 5.91 Å². The number of carbonyl (C=O) groups is 1. The number of carbonyl (C=O) groups excluding carboxylic acids is 1. The lowest BCUT2D eigenvalue weighted by Gasteiger charge is -2.42. The summed E-state index contributed by atoms with van der Waals surface area (Å²) >= 11 is 0. The van der Waals surface area contributed by atoms with Crippen molar-refractivity contribution in [1.82, 2.24) is 4.90 Å². The van der Waals surface area contributed by atoms with E-state index in [4.69, 9.17) is 10.5 Å². The van der Waals surface area contributed by atoms with E-state index >= 15 is 0 Å². The summed E-state index contributed by atoms with van der Waals surface area (Å²) in [5.41, 5.74) is 7.87. The molecule has 0 aliphatic carbocycles. The lowest BCUT2D eigenvalue weighted by atomic mass is 9.70. The highest BCUT2D eigenvalue weighted by Gasteiger charge is 2.36. The van der Waals surface area contributed by atoms with Crippen LogP contribution in [0.15, 0.2) is 54.6 Å². The second-order valence-electron chi connectivity index (χ2n) is 7.07. The van der Waals surface area contributed by atoms with Crippen molar-refractivity contribution < 1.29 is 9.53 Å². The molecule has 1 heterocycles. The van der Waals surface area contributed by atoms with Gasteiger partial charge in [0.2, 0.25) is 0 Å². The highest BCUT2D eigenvalue weighted by Crippen LogP contribution is 2.38. The Labute approximate surface area is 149 Å². The van der Waals surface area contributed by atoms with Gasteiger partial charge in [0.25, 0.3) is 5.91 Å². The third-order valence-electron chi connectivity index (χ3n) is 4.98. The zero-order chi connectivity index (χ0) is 17.7. The first kappa shape index (κ1) is 17.5. The van der Waals surface area contributed by atoms with Gasteiger partial charge in [0.05, 0.1) is 0 Å². The topological polar surface area (TPSA) is 55.6 Å². The molecule has 3 rings (SSSR count). The fourth-order valence-electron chi connectivity index (χ4n) is 3.90. The van der Waals surface area contributed by atoms with Crippen molar-refractivity contribution in [3.05, 3.63) is 65.7 Å². The number of likely N-dealkylation sites (tertiary alicyclic amines) is 1. The second-order valence-corrected chi connectivity index (χ2v) is 7.07. The number of nitrogens with two attached hydrogens (primary N) is 1. The summed E-state index contributed by atoms with van der Waals surface area (Å²) in [6.45, 7) is 2.06. The third-order valence-corrected chi connectivity index (χ3v) is 4.98. The van der Waals surface area contributed by atoms with Gasteiger partial charge in [-0.25, -0.2) is 0 Å². The van der Waals surface area contributed by atoms with Gasteiger partial charge < -0.3 is 15.4 Å². The molecule has 1 saturated heterocycles. The Kier molecular flexibility index (Phi) is 5.39. The van der Waals surface area contributed by atoms with Crippen LogP contribution >= 0.6 is 0 Å². The number of primary amides is 1. The zero-order valence-electron chi connectivity index (χ0n) is 14.8. The summed E-state index contributed by atoms with van der Waals surface area (Å²) in [7, 11) is 2.19. The summed E-state index contributed by atoms with van der Waals surface area (Å²) in [5.74, 6) is 0.249. The molecule has 1 aliphatic rings. The quantitative estimate of drug-likeness (QED) is 0.881. The van der Waals surface area contributed by atoms with E-state index in [0.29, 0.717) is 5.75 Å². The van der Waals surface area contributed by atoms with Crippen LogP contribution in [0.3, 0.4) is 0 Å². The minimum atomic E-state index is -0.457. The molecule has 1 amide bonds. The van der Waals surface area contributed by atoms with Crippen LogP contribution in [-0.2, 0) is 16.6 Å². The van der Waals surface area contributed by atoms with Crippen LogP contribution in [0.4, 0.5) is 0 Å². The number of ether oxygens (including phenoxy) is 1. The molecule has 1 unspecified atom stereocenters. The molecule has 0 saturated carbocycles. The Hall–Kier alpha value is -2.33. The summed E-state index contributed by atoms with van der Waals surface area (Å²) in [6.07, 6.45) is 3.32. The third kappa shape index (κ3) is 4.40. The predicted molar refractivity (Wildman–Crippen MR) is 99.7 cm³/mol. The van der Waals surface area contributed by atoms with Crippen LogP contribution in [-0.4, -0.2) is 37.6 Å². The van der Waals surface area contributed by atoms with E-state index in [1.54, 1.807) is 0 Å². The van der Waals surface area contributed by atoms with Crippen LogP contribution in [0.1, 0.15) is 24.0 Å². The lowest BCUT2D eigenvalue weighted by molar-refractivity contribution is -0.119. The first-order chi connectivity index (χ1) is 12.1. The Bertz CT molecular complexity index is 717. The first-order valence-electron chi connectivity index (χ1n) is 8.82. The number of hydrogen-bond donors (Lipinski definition) is 1. The molecule has 0 bridgehead atoms. The molecule has 0 radical (unpaired) electrons. The van der Waals surface area contributed by atoms with E-state index < -0.39 is 5.91 Å². The Morgan fingerprint density at radius 2 is 2.00 bits per heavy atom. The Morgan fingerprint density at radius 1 is 1.20 bits per heavy atom. The van der Waals surface area contributed by atoms with Gasteiger partial charge in [0.1, 0.15) is 5.75 Å². The maximum absolute atomic E-state index is 11.0. The predicted octanol–water partition coefficient (Wildman–Crippen LogP) is 2.76. The SMILES string of the molecule is CN1CCCC(Cc2ccccc2)(c2cccc(OCC(N)=O)c2)C1. The van der Waals surface area contributed by atoms with E-state index in [-0.39, 0.29) is 12.0 Å². The molecule has 4 heteroatoms. The first-order valence-corrected chi connectivity index (χ1v) is 8.82. The van der Waals surface area contributed by atoms with Crippen LogP contribution in [0.5, 0.6) is 5.75 Å². The number of rotatable bonds is 6. The molecule has 2 aromatic carbocycles. The maximum atomic E-state index is 11.0. The molecule has 0 spiro atoms. The molecule has 25 heavy (non-hydrogen) atoms. The smallest absolute Gasteiger partial charge is 0.255 e. The average Bonchev–Trinajstić information content (AvgIpc) is 2.61. The van der Waals surface area contributed by atoms with E-state index in [1.165, 1.54) is 17.5 Å². The van der Waals surface area contributed by atoms with E-state index in [0.717, 1.165) is 25.9 Å². The summed E-state index contributed by atoms with van der Waals surface area (Å²) < 4.78 is 5.53. The second kappa shape index (κ2) is 7.70. The number of benzene rings is 2. The number of nitrogens with zero attached hydrogens (tertiary/aromatic N) is 1. The summed E-state index contributed by atoms with van der Waals surface area (Å²) in [4.78, 5) is 13.4.